The normalized spacial score (nSPS) is 14.6. The minimum absolute atomic E-state index is 0.135. The van der Waals surface area contributed by atoms with Crippen molar-refractivity contribution >= 4 is 57.5 Å². The second-order valence-electron chi connectivity index (χ2n) is 8.35. The Morgan fingerprint density at radius 2 is 1.67 bits per heavy atom. The summed E-state index contributed by atoms with van der Waals surface area (Å²) in [6.07, 6.45) is 5.41. The van der Waals surface area contributed by atoms with Crippen LogP contribution in [0.3, 0.4) is 0 Å². The number of halogens is 2. The van der Waals surface area contributed by atoms with Crippen LogP contribution < -0.4 is 4.90 Å². The highest BCUT2D eigenvalue weighted by molar-refractivity contribution is 6.42. The van der Waals surface area contributed by atoms with Crippen molar-refractivity contribution in [1.29, 1.82) is 0 Å². The van der Waals surface area contributed by atoms with Gasteiger partial charge in [0.25, 0.3) is 5.91 Å². The third kappa shape index (κ3) is 4.11. The molecule has 5 aromatic rings. The molecule has 0 unspecified atom stereocenters. The van der Waals surface area contributed by atoms with Crippen molar-refractivity contribution in [2.75, 3.05) is 4.90 Å². The molecule has 3 aromatic carbocycles. The zero-order valence-electron chi connectivity index (χ0n) is 18.9. The van der Waals surface area contributed by atoms with Crippen LogP contribution in [0.1, 0.15) is 11.3 Å². The number of rotatable bonds is 4. The highest BCUT2D eigenvalue weighted by Gasteiger charge is 2.30. The smallest absolute Gasteiger partial charge is 0.263 e. The molecule has 1 aliphatic rings. The summed E-state index contributed by atoms with van der Waals surface area (Å²) < 4.78 is 6.03. The SMILES string of the molecule is O=C1/C(=C/c2ccc(-c3ccc(Cl)c(Cl)c3)o2)C=C(c2ccccc2)N1c1ccc2ncccc2c1. The number of aromatic nitrogens is 1. The number of anilines is 1. The molecule has 0 N–H and O–H groups in total. The van der Waals surface area contributed by atoms with E-state index in [1.54, 1.807) is 29.3 Å². The molecular weight excluding hydrogens is 491 g/mol. The van der Waals surface area contributed by atoms with Crippen LogP contribution >= 0.6 is 23.2 Å². The van der Waals surface area contributed by atoms with Gasteiger partial charge in [0.2, 0.25) is 0 Å². The van der Waals surface area contributed by atoms with Gasteiger partial charge in [0.05, 0.1) is 21.3 Å². The van der Waals surface area contributed by atoms with Gasteiger partial charge in [0.15, 0.2) is 0 Å². The van der Waals surface area contributed by atoms with Crippen molar-refractivity contribution in [1.82, 2.24) is 4.98 Å². The summed E-state index contributed by atoms with van der Waals surface area (Å²) in [5.41, 5.74) is 4.71. The molecule has 0 spiro atoms. The Hall–Kier alpha value is -4.12. The van der Waals surface area contributed by atoms with Crippen molar-refractivity contribution in [3.63, 3.8) is 0 Å². The van der Waals surface area contributed by atoms with Crippen LogP contribution in [0.4, 0.5) is 5.69 Å². The molecule has 0 saturated heterocycles. The van der Waals surface area contributed by atoms with Crippen LogP contribution in [0.25, 0.3) is 34.0 Å². The van der Waals surface area contributed by atoms with Gasteiger partial charge in [-0.3, -0.25) is 14.7 Å². The number of benzene rings is 3. The van der Waals surface area contributed by atoms with E-state index in [0.717, 1.165) is 33.4 Å². The van der Waals surface area contributed by atoms with Gasteiger partial charge in [-0.05, 0) is 72.3 Å². The largest absolute Gasteiger partial charge is 0.457 e. The average molecular weight is 509 g/mol. The molecule has 0 radical (unpaired) electrons. The van der Waals surface area contributed by atoms with E-state index < -0.39 is 0 Å². The first-order chi connectivity index (χ1) is 17.6. The Bertz CT molecular complexity index is 1690. The Balaban J connectivity index is 1.41. The lowest BCUT2D eigenvalue weighted by Gasteiger charge is -2.21. The van der Waals surface area contributed by atoms with Crippen LogP contribution in [0.15, 0.2) is 113 Å². The number of nitrogens with zero attached hydrogens (tertiary/aromatic N) is 2. The Morgan fingerprint density at radius 1 is 0.806 bits per heavy atom. The summed E-state index contributed by atoms with van der Waals surface area (Å²) in [6.45, 7) is 0. The van der Waals surface area contributed by atoms with E-state index in [9.17, 15) is 4.79 Å². The maximum atomic E-state index is 13.7. The fourth-order valence-electron chi connectivity index (χ4n) is 4.28. The quantitative estimate of drug-likeness (QED) is 0.229. The first-order valence-corrected chi connectivity index (χ1v) is 12.1. The van der Waals surface area contributed by atoms with Crippen molar-refractivity contribution < 1.29 is 9.21 Å². The van der Waals surface area contributed by atoms with E-state index in [1.807, 2.05) is 84.9 Å². The molecule has 6 rings (SSSR count). The topological polar surface area (TPSA) is 46.3 Å². The zero-order valence-corrected chi connectivity index (χ0v) is 20.4. The van der Waals surface area contributed by atoms with Gasteiger partial charge in [0, 0.05) is 28.4 Å². The number of furan rings is 1. The third-order valence-corrected chi connectivity index (χ3v) is 6.77. The van der Waals surface area contributed by atoms with Crippen molar-refractivity contribution in [2.45, 2.75) is 0 Å². The molecule has 6 heteroatoms. The molecule has 0 aliphatic carbocycles. The van der Waals surface area contributed by atoms with E-state index >= 15 is 0 Å². The summed E-state index contributed by atoms with van der Waals surface area (Å²) in [5, 5.41) is 1.90. The predicted molar refractivity (Wildman–Crippen MR) is 146 cm³/mol. The van der Waals surface area contributed by atoms with Crippen molar-refractivity contribution in [2.24, 2.45) is 0 Å². The van der Waals surface area contributed by atoms with E-state index in [2.05, 4.69) is 4.98 Å². The maximum Gasteiger partial charge on any atom is 0.263 e. The molecule has 0 bridgehead atoms. The molecule has 36 heavy (non-hydrogen) atoms. The van der Waals surface area contributed by atoms with Gasteiger partial charge in [-0.25, -0.2) is 0 Å². The lowest BCUT2D eigenvalue weighted by Crippen LogP contribution is -2.24. The lowest BCUT2D eigenvalue weighted by atomic mass is 10.1. The molecule has 0 fully saturated rings. The minimum atomic E-state index is -0.135. The number of fused-ring (bicyclic) bond motifs is 1. The molecular formula is C30H18Cl2N2O2. The fourth-order valence-corrected chi connectivity index (χ4v) is 4.58. The van der Waals surface area contributed by atoms with Gasteiger partial charge in [0.1, 0.15) is 11.5 Å². The van der Waals surface area contributed by atoms with Crippen LogP contribution in [0, 0.1) is 0 Å². The van der Waals surface area contributed by atoms with Crippen molar-refractivity contribution in [3.05, 3.63) is 130 Å². The molecule has 1 amide bonds. The molecule has 4 nitrogen and oxygen atoms in total. The minimum Gasteiger partial charge on any atom is -0.457 e. The van der Waals surface area contributed by atoms with E-state index in [4.69, 9.17) is 27.6 Å². The van der Waals surface area contributed by atoms with Crippen LogP contribution in [0.5, 0.6) is 0 Å². The molecule has 0 saturated carbocycles. The lowest BCUT2D eigenvalue weighted by molar-refractivity contribution is -0.113. The van der Waals surface area contributed by atoms with E-state index in [0.29, 0.717) is 27.1 Å². The highest BCUT2D eigenvalue weighted by atomic mass is 35.5. The van der Waals surface area contributed by atoms with Gasteiger partial charge in [-0.1, -0.05) is 59.6 Å². The maximum absolute atomic E-state index is 13.7. The first-order valence-electron chi connectivity index (χ1n) is 11.3. The van der Waals surface area contributed by atoms with Crippen LogP contribution in [-0.2, 0) is 4.79 Å². The summed E-state index contributed by atoms with van der Waals surface area (Å²) >= 11 is 12.2. The van der Waals surface area contributed by atoms with Crippen molar-refractivity contribution in [3.8, 4) is 11.3 Å². The second-order valence-corrected chi connectivity index (χ2v) is 9.16. The van der Waals surface area contributed by atoms with Crippen LogP contribution in [0.2, 0.25) is 10.0 Å². The number of amides is 1. The van der Waals surface area contributed by atoms with Gasteiger partial charge >= 0.3 is 0 Å². The number of carbonyl (C=O) groups is 1. The summed E-state index contributed by atoms with van der Waals surface area (Å²) in [7, 11) is 0. The number of pyridine rings is 1. The Kier molecular flexibility index (Phi) is 5.68. The van der Waals surface area contributed by atoms with E-state index in [1.165, 1.54) is 0 Å². The highest BCUT2D eigenvalue weighted by Crippen LogP contribution is 2.37. The number of carbonyl (C=O) groups excluding carboxylic acids is 1. The molecule has 2 aromatic heterocycles. The van der Waals surface area contributed by atoms with Gasteiger partial charge in [-0.15, -0.1) is 0 Å². The number of hydrogen-bond acceptors (Lipinski definition) is 3. The second kappa shape index (κ2) is 9.15. The summed E-state index contributed by atoms with van der Waals surface area (Å²) in [4.78, 5) is 19.8. The molecule has 1 aliphatic heterocycles. The standard InChI is InChI=1S/C30H18Cl2N2O2/c31-25-11-8-21(17-26(25)32)29-13-10-24(36-29)16-22-18-28(19-5-2-1-3-6-19)34(30(22)35)23-9-12-27-20(15-23)7-4-14-33-27/h1-18H/b22-16+. The molecule has 174 valence electrons. The molecule has 3 heterocycles. The predicted octanol–water partition coefficient (Wildman–Crippen LogP) is 8.27. The van der Waals surface area contributed by atoms with Gasteiger partial charge in [-0.2, -0.15) is 0 Å². The summed E-state index contributed by atoms with van der Waals surface area (Å²) in [5.74, 6) is 1.06. The first kappa shape index (κ1) is 22.4. The number of hydrogen-bond donors (Lipinski definition) is 0. The Labute approximate surface area is 217 Å². The average Bonchev–Trinajstić information content (AvgIpc) is 3.51. The monoisotopic (exact) mass is 508 g/mol. The van der Waals surface area contributed by atoms with E-state index in [-0.39, 0.29) is 5.91 Å². The fraction of sp³-hybridized carbons (Fsp3) is 0. The molecule has 0 atom stereocenters. The zero-order chi connectivity index (χ0) is 24.6. The Morgan fingerprint density at radius 3 is 2.50 bits per heavy atom. The van der Waals surface area contributed by atoms with Crippen LogP contribution in [-0.4, -0.2) is 10.9 Å². The third-order valence-electron chi connectivity index (χ3n) is 6.03. The van der Waals surface area contributed by atoms with Gasteiger partial charge < -0.3 is 4.42 Å². The summed E-state index contributed by atoms with van der Waals surface area (Å²) in [6, 6.07) is 28.6.